The second kappa shape index (κ2) is 9.27. The molecule has 1 aromatic rings. The number of hydrogen-bond donors (Lipinski definition) is 0. The monoisotopic (exact) mass is 399 g/mol. The summed E-state index contributed by atoms with van der Waals surface area (Å²) in [5.74, 6) is 1.10. The van der Waals surface area contributed by atoms with Gasteiger partial charge in [0.15, 0.2) is 0 Å². The van der Waals surface area contributed by atoms with Gasteiger partial charge in [0, 0.05) is 11.8 Å². The zero-order valence-corrected chi connectivity index (χ0v) is 20.0. The van der Waals surface area contributed by atoms with Crippen molar-refractivity contribution in [2.75, 3.05) is 12.4 Å². The first-order chi connectivity index (χ1) is 12.1. The third-order valence-electron chi connectivity index (χ3n) is 5.43. The van der Waals surface area contributed by atoms with Crippen LogP contribution in [0.25, 0.3) is 0 Å². The van der Waals surface area contributed by atoms with Crippen LogP contribution in [0, 0.1) is 5.41 Å². The van der Waals surface area contributed by atoms with Gasteiger partial charge in [-0.15, -0.1) is 5.10 Å². The molecule has 158 valence electrons. The first-order valence-electron chi connectivity index (χ1n) is 9.91. The first-order valence-corrected chi connectivity index (χ1v) is 10.9. The summed E-state index contributed by atoms with van der Waals surface area (Å²) in [4.78, 5) is 0. The second-order valence-electron chi connectivity index (χ2n) is 10.1. The Bertz CT molecular complexity index is 574. The Morgan fingerprint density at radius 2 is 1.52 bits per heavy atom. The quantitative estimate of drug-likeness (QED) is 0.509. The molecule has 0 fully saturated rings. The number of hydrogen-bond acceptors (Lipinski definition) is 5. The minimum atomic E-state index is -0.253. The van der Waals surface area contributed by atoms with E-state index in [1.54, 1.807) is 4.68 Å². The Morgan fingerprint density at radius 3 is 2.04 bits per heavy atom. The molecule has 6 heteroatoms. The van der Waals surface area contributed by atoms with E-state index >= 15 is 0 Å². The van der Waals surface area contributed by atoms with E-state index in [0.717, 1.165) is 24.3 Å². The molecule has 0 spiro atoms. The minimum absolute atomic E-state index is 0.123. The van der Waals surface area contributed by atoms with Gasteiger partial charge in [0.25, 0.3) is 0 Å². The number of rotatable bonds is 11. The molecule has 1 aromatic heterocycles. The van der Waals surface area contributed by atoms with Crippen LogP contribution in [-0.4, -0.2) is 43.3 Å². The standard InChI is InChI=1S/C21H41N3O2S/c1-18(2,3)21(8,9)27-14-12-20(6,7)25-13-11-19(4,5)26-16-17-15-24(10)23-22-17/h15H,11-14,16H2,1-10H3. The fourth-order valence-corrected chi connectivity index (χ4v) is 3.75. The van der Waals surface area contributed by atoms with Gasteiger partial charge < -0.3 is 9.47 Å². The highest BCUT2D eigenvalue weighted by Crippen LogP contribution is 2.42. The molecule has 0 aromatic carbocycles. The molecule has 0 atom stereocenters. The number of ether oxygens (including phenoxy) is 2. The highest BCUT2D eigenvalue weighted by molar-refractivity contribution is 8.00. The van der Waals surface area contributed by atoms with E-state index in [-0.39, 0.29) is 21.4 Å². The van der Waals surface area contributed by atoms with E-state index in [2.05, 4.69) is 72.6 Å². The minimum Gasteiger partial charge on any atom is -0.375 e. The van der Waals surface area contributed by atoms with Crippen molar-refractivity contribution in [1.82, 2.24) is 15.0 Å². The third-order valence-corrected chi connectivity index (χ3v) is 7.17. The summed E-state index contributed by atoms with van der Waals surface area (Å²) in [5.41, 5.74) is 0.761. The lowest BCUT2D eigenvalue weighted by Gasteiger charge is -2.39. The SMILES string of the molecule is Cn1cc(COC(C)(C)CCOC(C)(C)CCSC(C)(C)C(C)(C)C)nn1. The van der Waals surface area contributed by atoms with Gasteiger partial charge in [-0.3, -0.25) is 4.68 Å². The molecule has 0 bridgehead atoms. The van der Waals surface area contributed by atoms with E-state index in [1.165, 1.54) is 0 Å². The van der Waals surface area contributed by atoms with Gasteiger partial charge in [0.2, 0.25) is 0 Å². The molecule has 1 heterocycles. The lowest BCUT2D eigenvalue weighted by Crippen LogP contribution is -2.35. The van der Waals surface area contributed by atoms with Gasteiger partial charge in [-0.25, -0.2) is 0 Å². The van der Waals surface area contributed by atoms with Crippen LogP contribution in [0.2, 0.25) is 0 Å². The van der Waals surface area contributed by atoms with Crippen LogP contribution in [0.3, 0.4) is 0 Å². The van der Waals surface area contributed by atoms with Gasteiger partial charge >= 0.3 is 0 Å². The maximum absolute atomic E-state index is 6.20. The van der Waals surface area contributed by atoms with Crippen molar-refractivity contribution in [3.8, 4) is 0 Å². The topological polar surface area (TPSA) is 49.2 Å². The Morgan fingerprint density at radius 1 is 0.926 bits per heavy atom. The predicted octanol–water partition coefficient (Wildman–Crippen LogP) is 5.24. The summed E-state index contributed by atoms with van der Waals surface area (Å²) in [5, 5.41) is 8.00. The Kier molecular flexibility index (Phi) is 8.40. The van der Waals surface area contributed by atoms with Crippen molar-refractivity contribution in [3.05, 3.63) is 11.9 Å². The fourth-order valence-electron chi connectivity index (χ4n) is 2.22. The summed E-state index contributed by atoms with van der Waals surface area (Å²) in [6, 6.07) is 0. The number of thioether (sulfide) groups is 1. The molecule has 0 radical (unpaired) electrons. The normalized spacial score (nSPS) is 14.0. The lowest BCUT2D eigenvalue weighted by atomic mass is 9.83. The largest absolute Gasteiger partial charge is 0.375 e. The highest BCUT2D eigenvalue weighted by atomic mass is 32.2. The maximum atomic E-state index is 6.20. The molecule has 1 rings (SSSR count). The van der Waals surface area contributed by atoms with Crippen LogP contribution in [0.5, 0.6) is 0 Å². The lowest BCUT2D eigenvalue weighted by molar-refractivity contribution is -0.0790. The van der Waals surface area contributed by atoms with Crippen LogP contribution in [0.15, 0.2) is 6.20 Å². The van der Waals surface area contributed by atoms with Crippen molar-refractivity contribution < 1.29 is 9.47 Å². The Balaban J connectivity index is 2.33. The van der Waals surface area contributed by atoms with Crippen molar-refractivity contribution >= 4 is 11.8 Å². The highest BCUT2D eigenvalue weighted by Gasteiger charge is 2.33. The molecule has 0 amide bonds. The van der Waals surface area contributed by atoms with Crippen LogP contribution in [-0.2, 0) is 23.1 Å². The molecule has 0 saturated heterocycles. The van der Waals surface area contributed by atoms with Crippen molar-refractivity contribution in [1.29, 1.82) is 0 Å². The fraction of sp³-hybridized carbons (Fsp3) is 0.905. The van der Waals surface area contributed by atoms with Crippen LogP contribution < -0.4 is 0 Å². The van der Waals surface area contributed by atoms with Crippen LogP contribution in [0.1, 0.15) is 80.8 Å². The average Bonchev–Trinajstić information content (AvgIpc) is 2.89. The number of aromatic nitrogens is 3. The summed E-state index contributed by atoms with van der Waals surface area (Å²) < 4.78 is 14.1. The van der Waals surface area contributed by atoms with Crippen molar-refractivity contribution in [2.45, 2.75) is 97.7 Å². The molecular formula is C21H41N3O2S. The smallest absolute Gasteiger partial charge is 0.108 e. The average molecular weight is 400 g/mol. The molecule has 0 aliphatic carbocycles. The summed E-state index contributed by atoms with van der Waals surface area (Å²) in [7, 11) is 1.86. The summed E-state index contributed by atoms with van der Waals surface area (Å²) >= 11 is 2.04. The molecule has 27 heavy (non-hydrogen) atoms. The van der Waals surface area contributed by atoms with E-state index in [0.29, 0.717) is 13.2 Å². The number of aryl methyl sites for hydroxylation is 1. The van der Waals surface area contributed by atoms with Crippen molar-refractivity contribution in [2.24, 2.45) is 12.5 Å². The second-order valence-corrected chi connectivity index (χ2v) is 11.9. The molecule has 0 aliphatic heterocycles. The third kappa shape index (κ3) is 8.97. The zero-order valence-electron chi connectivity index (χ0n) is 19.2. The maximum Gasteiger partial charge on any atom is 0.108 e. The molecule has 5 nitrogen and oxygen atoms in total. The van der Waals surface area contributed by atoms with Crippen LogP contribution >= 0.6 is 11.8 Å². The molecule has 0 N–H and O–H groups in total. The summed E-state index contributed by atoms with van der Waals surface area (Å²) in [6.07, 6.45) is 3.77. The Hall–Kier alpha value is -0.590. The van der Waals surface area contributed by atoms with Gasteiger partial charge in [0.1, 0.15) is 5.69 Å². The summed E-state index contributed by atoms with van der Waals surface area (Å²) in [6.45, 7) is 21.3. The Labute approximate surface area is 171 Å². The molecular weight excluding hydrogens is 358 g/mol. The van der Waals surface area contributed by atoms with Gasteiger partial charge in [0.05, 0.1) is 30.6 Å². The van der Waals surface area contributed by atoms with E-state index < -0.39 is 0 Å². The van der Waals surface area contributed by atoms with Gasteiger partial charge in [-0.2, -0.15) is 11.8 Å². The molecule has 0 saturated carbocycles. The van der Waals surface area contributed by atoms with Gasteiger partial charge in [-0.1, -0.05) is 39.8 Å². The predicted molar refractivity (Wildman–Crippen MR) is 115 cm³/mol. The van der Waals surface area contributed by atoms with E-state index in [9.17, 15) is 0 Å². The molecule has 0 unspecified atom stereocenters. The van der Waals surface area contributed by atoms with Crippen LogP contribution in [0.4, 0.5) is 0 Å². The zero-order chi connectivity index (χ0) is 20.9. The van der Waals surface area contributed by atoms with Gasteiger partial charge in [-0.05, 0) is 51.7 Å². The van der Waals surface area contributed by atoms with E-state index in [4.69, 9.17) is 9.47 Å². The first kappa shape index (κ1) is 24.4. The number of nitrogens with zero attached hydrogens (tertiary/aromatic N) is 3. The van der Waals surface area contributed by atoms with Crippen molar-refractivity contribution in [3.63, 3.8) is 0 Å². The van der Waals surface area contributed by atoms with E-state index in [1.807, 2.05) is 25.0 Å². The molecule has 0 aliphatic rings.